The predicted molar refractivity (Wildman–Crippen MR) is 73.4 cm³/mol. The van der Waals surface area contributed by atoms with Crippen molar-refractivity contribution in [2.45, 2.75) is 38.1 Å². The number of hydrogen-bond acceptors (Lipinski definition) is 2. The van der Waals surface area contributed by atoms with E-state index in [0.29, 0.717) is 12.0 Å². The van der Waals surface area contributed by atoms with E-state index >= 15 is 0 Å². The van der Waals surface area contributed by atoms with Crippen LogP contribution in [0.3, 0.4) is 0 Å². The highest BCUT2D eigenvalue weighted by Gasteiger charge is 2.16. The summed E-state index contributed by atoms with van der Waals surface area (Å²) < 4.78 is 5.08. The number of methoxy groups -OCH3 is 1. The van der Waals surface area contributed by atoms with Crippen molar-refractivity contribution < 1.29 is 4.74 Å². The molecule has 0 fully saturated rings. The number of hydrogen-bond donors (Lipinski definition) is 1. The molecule has 96 valence electrons. The van der Waals surface area contributed by atoms with Crippen molar-refractivity contribution in [3.8, 4) is 0 Å². The molecule has 0 radical (unpaired) electrons. The Morgan fingerprint density at radius 1 is 1.18 bits per heavy atom. The summed E-state index contributed by atoms with van der Waals surface area (Å²) >= 11 is 0. The van der Waals surface area contributed by atoms with Crippen LogP contribution in [0.1, 0.15) is 37.7 Å². The summed E-state index contributed by atoms with van der Waals surface area (Å²) in [5, 5.41) is 3.44. The molecule has 0 spiro atoms. The van der Waals surface area contributed by atoms with E-state index in [1.54, 1.807) is 7.11 Å². The fourth-order valence-corrected chi connectivity index (χ4v) is 2.24. The van der Waals surface area contributed by atoms with Crippen LogP contribution < -0.4 is 5.32 Å². The number of unbranched alkanes of at least 4 members (excludes halogenated alkanes) is 1. The lowest BCUT2D eigenvalue weighted by atomic mass is 9.90. The van der Waals surface area contributed by atoms with Gasteiger partial charge < -0.3 is 10.1 Å². The number of likely N-dealkylation sites (N-methyl/N-ethyl adjacent to an activating group) is 1. The van der Waals surface area contributed by atoms with Gasteiger partial charge >= 0.3 is 0 Å². The monoisotopic (exact) mass is 235 g/mol. The van der Waals surface area contributed by atoms with Crippen molar-refractivity contribution in [3.63, 3.8) is 0 Å². The van der Waals surface area contributed by atoms with Crippen LogP contribution in [-0.2, 0) is 4.74 Å². The molecular weight excluding hydrogens is 210 g/mol. The highest BCUT2D eigenvalue weighted by Crippen LogP contribution is 2.22. The van der Waals surface area contributed by atoms with Gasteiger partial charge in [0.2, 0.25) is 0 Å². The summed E-state index contributed by atoms with van der Waals surface area (Å²) in [6, 6.07) is 11.3. The standard InChI is InChI=1S/C15H25NO/c1-13(14-9-5-4-6-10-14)15(16-2)11-7-8-12-17-3/h4-6,9-10,13,15-16H,7-8,11-12H2,1-3H3. The van der Waals surface area contributed by atoms with Crippen molar-refractivity contribution in [3.05, 3.63) is 35.9 Å². The molecule has 0 bridgehead atoms. The summed E-state index contributed by atoms with van der Waals surface area (Å²) in [5.74, 6) is 0.559. The Morgan fingerprint density at radius 2 is 1.88 bits per heavy atom. The summed E-state index contributed by atoms with van der Waals surface area (Å²) in [7, 11) is 3.82. The molecule has 2 unspecified atom stereocenters. The minimum atomic E-state index is 0.550. The Morgan fingerprint density at radius 3 is 2.47 bits per heavy atom. The maximum atomic E-state index is 5.08. The van der Waals surface area contributed by atoms with Gasteiger partial charge in [-0.1, -0.05) is 37.3 Å². The molecular formula is C15H25NO. The van der Waals surface area contributed by atoms with Crippen LogP contribution in [0, 0.1) is 0 Å². The molecule has 0 aromatic heterocycles. The second-order valence-corrected chi connectivity index (χ2v) is 4.58. The summed E-state index contributed by atoms with van der Waals surface area (Å²) in [6.07, 6.45) is 3.57. The van der Waals surface area contributed by atoms with Gasteiger partial charge in [0.15, 0.2) is 0 Å². The molecule has 17 heavy (non-hydrogen) atoms. The van der Waals surface area contributed by atoms with E-state index in [0.717, 1.165) is 13.0 Å². The highest BCUT2D eigenvalue weighted by atomic mass is 16.5. The second-order valence-electron chi connectivity index (χ2n) is 4.58. The van der Waals surface area contributed by atoms with Crippen LogP contribution in [0.4, 0.5) is 0 Å². The third-order valence-corrected chi connectivity index (χ3v) is 3.41. The van der Waals surface area contributed by atoms with Crippen LogP contribution in [0.15, 0.2) is 30.3 Å². The van der Waals surface area contributed by atoms with Gasteiger partial charge in [0.1, 0.15) is 0 Å². The largest absolute Gasteiger partial charge is 0.385 e. The zero-order valence-corrected chi connectivity index (χ0v) is 11.3. The molecule has 0 aliphatic carbocycles. The first-order chi connectivity index (χ1) is 8.29. The molecule has 1 aromatic carbocycles. The number of ether oxygens (including phenoxy) is 1. The normalized spacial score (nSPS) is 14.5. The van der Waals surface area contributed by atoms with E-state index < -0.39 is 0 Å². The smallest absolute Gasteiger partial charge is 0.0462 e. The fraction of sp³-hybridized carbons (Fsp3) is 0.600. The van der Waals surface area contributed by atoms with E-state index in [1.807, 2.05) is 0 Å². The SMILES string of the molecule is CNC(CCCCOC)C(C)c1ccccc1. The number of rotatable bonds is 8. The summed E-state index contributed by atoms with van der Waals surface area (Å²) in [5.41, 5.74) is 1.42. The molecule has 0 aliphatic rings. The van der Waals surface area contributed by atoms with Crippen LogP contribution in [0.25, 0.3) is 0 Å². The first-order valence-electron chi connectivity index (χ1n) is 6.50. The van der Waals surface area contributed by atoms with Crippen LogP contribution >= 0.6 is 0 Å². The van der Waals surface area contributed by atoms with E-state index in [1.165, 1.54) is 18.4 Å². The molecule has 1 rings (SSSR count). The molecule has 2 nitrogen and oxygen atoms in total. The zero-order valence-electron chi connectivity index (χ0n) is 11.3. The van der Waals surface area contributed by atoms with E-state index in [2.05, 4.69) is 49.6 Å². The molecule has 1 aromatic rings. The van der Waals surface area contributed by atoms with Crippen molar-refractivity contribution in [2.24, 2.45) is 0 Å². The molecule has 0 saturated carbocycles. The lowest BCUT2D eigenvalue weighted by molar-refractivity contribution is 0.190. The van der Waals surface area contributed by atoms with Gasteiger partial charge in [0, 0.05) is 19.8 Å². The van der Waals surface area contributed by atoms with Crippen LogP contribution in [0.5, 0.6) is 0 Å². The van der Waals surface area contributed by atoms with E-state index in [-0.39, 0.29) is 0 Å². The van der Waals surface area contributed by atoms with Crippen molar-refractivity contribution >= 4 is 0 Å². The van der Waals surface area contributed by atoms with Crippen molar-refractivity contribution in [1.82, 2.24) is 5.32 Å². The molecule has 0 aliphatic heterocycles. The minimum Gasteiger partial charge on any atom is -0.385 e. The maximum absolute atomic E-state index is 5.08. The Bertz CT molecular complexity index is 286. The summed E-state index contributed by atoms with van der Waals surface area (Å²) in [4.78, 5) is 0. The molecule has 0 heterocycles. The lowest BCUT2D eigenvalue weighted by Gasteiger charge is -2.24. The predicted octanol–water partition coefficient (Wildman–Crippen LogP) is 3.19. The molecule has 1 N–H and O–H groups in total. The molecule has 2 atom stereocenters. The third kappa shape index (κ3) is 4.88. The molecule has 2 heteroatoms. The van der Waals surface area contributed by atoms with Gasteiger partial charge in [0.05, 0.1) is 0 Å². The Hall–Kier alpha value is -0.860. The van der Waals surface area contributed by atoms with Crippen LogP contribution in [0.2, 0.25) is 0 Å². The Kier molecular flexibility index (Phi) is 6.90. The summed E-state index contributed by atoms with van der Waals surface area (Å²) in [6.45, 7) is 3.17. The topological polar surface area (TPSA) is 21.3 Å². The van der Waals surface area contributed by atoms with Crippen molar-refractivity contribution in [1.29, 1.82) is 0 Å². The quantitative estimate of drug-likeness (QED) is 0.699. The first kappa shape index (κ1) is 14.2. The Labute approximate surface area is 105 Å². The van der Waals surface area contributed by atoms with Gasteiger partial charge in [-0.15, -0.1) is 0 Å². The highest BCUT2D eigenvalue weighted by molar-refractivity contribution is 5.20. The van der Waals surface area contributed by atoms with E-state index in [9.17, 15) is 0 Å². The van der Waals surface area contributed by atoms with Gasteiger partial charge in [-0.3, -0.25) is 0 Å². The van der Waals surface area contributed by atoms with Gasteiger partial charge in [-0.05, 0) is 37.8 Å². The first-order valence-corrected chi connectivity index (χ1v) is 6.50. The Balaban J connectivity index is 2.44. The molecule has 0 amide bonds. The van der Waals surface area contributed by atoms with Gasteiger partial charge in [0.25, 0.3) is 0 Å². The fourth-order valence-electron chi connectivity index (χ4n) is 2.24. The van der Waals surface area contributed by atoms with E-state index in [4.69, 9.17) is 4.74 Å². The average molecular weight is 235 g/mol. The van der Waals surface area contributed by atoms with Gasteiger partial charge in [-0.2, -0.15) is 0 Å². The minimum absolute atomic E-state index is 0.550. The third-order valence-electron chi connectivity index (χ3n) is 3.41. The van der Waals surface area contributed by atoms with Crippen molar-refractivity contribution in [2.75, 3.05) is 20.8 Å². The zero-order chi connectivity index (χ0) is 12.5. The van der Waals surface area contributed by atoms with Gasteiger partial charge in [-0.25, -0.2) is 0 Å². The maximum Gasteiger partial charge on any atom is 0.0462 e. The number of nitrogens with one attached hydrogen (secondary N) is 1. The molecule has 0 saturated heterocycles. The van der Waals surface area contributed by atoms with Crippen LogP contribution in [-0.4, -0.2) is 26.8 Å². The lowest BCUT2D eigenvalue weighted by Crippen LogP contribution is -2.30. The second kappa shape index (κ2) is 8.26. The number of benzene rings is 1. The average Bonchev–Trinajstić information content (AvgIpc) is 2.39.